The molecule has 0 spiro atoms. The molecule has 0 aliphatic carbocycles. The lowest BCUT2D eigenvalue weighted by Crippen LogP contribution is -2.15. The minimum atomic E-state index is -4.57. The van der Waals surface area contributed by atoms with E-state index in [1.54, 1.807) is 19.3 Å². The third kappa shape index (κ3) is 2.75. The van der Waals surface area contributed by atoms with Crippen LogP contribution in [-0.4, -0.2) is 19.7 Å². The summed E-state index contributed by atoms with van der Waals surface area (Å²) in [5, 5.41) is 6.68. The lowest BCUT2D eigenvalue weighted by molar-refractivity contribution is -0.137. The minimum absolute atomic E-state index is 0.0262. The molecule has 0 aliphatic rings. The molecule has 0 saturated heterocycles. The Kier molecular flexibility index (Phi) is 3.05. The van der Waals surface area contributed by atoms with Gasteiger partial charge in [-0.25, -0.2) is 4.98 Å². The summed E-state index contributed by atoms with van der Waals surface area (Å²) in [5.74, 6) is -0.221. The number of nitrogens with two attached hydrogens (primary N) is 1. The second kappa shape index (κ2) is 4.41. The number of hydrogen-bond acceptors (Lipinski definition) is 5. The monoisotopic (exact) mass is 272 g/mol. The maximum absolute atomic E-state index is 12.7. The lowest BCUT2D eigenvalue weighted by atomic mass is 10.2. The van der Waals surface area contributed by atoms with Crippen LogP contribution in [0.2, 0.25) is 0 Å². The molecule has 3 N–H and O–H groups in total. The summed E-state index contributed by atoms with van der Waals surface area (Å²) >= 11 is 0. The average Bonchev–Trinajstić information content (AvgIpc) is 2.60. The zero-order chi connectivity index (χ0) is 14.2. The second-order valence-corrected chi connectivity index (χ2v) is 3.89. The van der Waals surface area contributed by atoms with E-state index in [9.17, 15) is 13.2 Å². The molecule has 0 amide bonds. The Bertz CT molecular complexity index is 581. The van der Waals surface area contributed by atoms with Crippen LogP contribution in [0.5, 0.6) is 0 Å². The molecule has 19 heavy (non-hydrogen) atoms. The van der Waals surface area contributed by atoms with E-state index in [0.717, 1.165) is 0 Å². The van der Waals surface area contributed by atoms with Crippen LogP contribution in [0.3, 0.4) is 0 Å². The molecule has 2 heterocycles. The fourth-order valence-electron chi connectivity index (χ4n) is 1.60. The first-order chi connectivity index (χ1) is 8.77. The van der Waals surface area contributed by atoms with Crippen molar-refractivity contribution in [3.63, 3.8) is 0 Å². The summed E-state index contributed by atoms with van der Waals surface area (Å²) in [6.45, 7) is 1.23. The Balaban J connectivity index is 2.35. The van der Waals surface area contributed by atoms with Crippen molar-refractivity contribution in [2.24, 2.45) is 7.05 Å². The smallest absolute Gasteiger partial charge is 0.383 e. The summed E-state index contributed by atoms with van der Waals surface area (Å²) in [5.41, 5.74) is 4.08. The van der Waals surface area contributed by atoms with Crippen molar-refractivity contribution in [3.8, 4) is 0 Å². The summed E-state index contributed by atoms with van der Waals surface area (Å²) in [4.78, 5) is 7.32. The van der Waals surface area contributed by atoms with Gasteiger partial charge in [0.25, 0.3) is 0 Å². The van der Waals surface area contributed by atoms with Crippen LogP contribution in [0.15, 0.2) is 12.3 Å². The minimum Gasteiger partial charge on any atom is -0.383 e. The molecule has 6 nitrogen and oxygen atoms in total. The zero-order valence-corrected chi connectivity index (χ0v) is 10.2. The van der Waals surface area contributed by atoms with Gasteiger partial charge in [0.05, 0.1) is 5.69 Å². The number of nitrogens with one attached hydrogen (secondary N) is 1. The Morgan fingerprint density at radius 2 is 2.00 bits per heavy atom. The quantitative estimate of drug-likeness (QED) is 0.872. The normalized spacial score (nSPS) is 11.6. The molecular weight excluding hydrogens is 261 g/mol. The van der Waals surface area contributed by atoms with E-state index in [1.165, 1.54) is 11.6 Å². The van der Waals surface area contributed by atoms with Crippen LogP contribution in [0.1, 0.15) is 11.3 Å². The predicted octanol–water partition coefficient (Wildman–Crippen LogP) is 1.86. The molecule has 0 atom stereocenters. The van der Waals surface area contributed by atoms with Gasteiger partial charge < -0.3 is 11.1 Å². The highest BCUT2D eigenvalue weighted by molar-refractivity contribution is 5.53. The molecule has 2 aromatic rings. The van der Waals surface area contributed by atoms with Gasteiger partial charge in [-0.15, -0.1) is 0 Å². The van der Waals surface area contributed by atoms with Crippen molar-refractivity contribution in [3.05, 3.63) is 23.5 Å². The summed E-state index contributed by atoms with van der Waals surface area (Å²) in [6, 6.07) is 1.63. The van der Waals surface area contributed by atoms with Gasteiger partial charge in [0.2, 0.25) is 5.95 Å². The summed E-state index contributed by atoms with van der Waals surface area (Å²) in [6.07, 6.45) is -2.90. The van der Waals surface area contributed by atoms with Crippen molar-refractivity contribution < 1.29 is 13.2 Å². The van der Waals surface area contributed by atoms with E-state index in [0.29, 0.717) is 5.82 Å². The molecule has 0 aliphatic heterocycles. The molecule has 0 bridgehead atoms. The standard InChI is InChI=1S/C10H11F3N6/c1-5-7(10(11,12)13)8(14)17-9(15-5)16-6-3-4-19(2)18-6/h3-4H,1-2H3,(H3,14,15,16,17,18). The molecular formula is C10H11F3N6. The van der Waals surface area contributed by atoms with E-state index in [2.05, 4.69) is 20.4 Å². The second-order valence-electron chi connectivity index (χ2n) is 3.89. The Hall–Kier alpha value is -2.32. The van der Waals surface area contributed by atoms with Gasteiger partial charge in [0, 0.05) is 19.3 Å². The highest BCUT2D eigenvalue weighted by Gasteiger charge is 2.36. The molecule has 0 saturated carbocycles. The first-order valence-electron chi connectivity index (χ1n) is 5.25. The van der Waals surface area contributed by atoms with Crippen molar-refractivity contribution in [1.82, 2.24) is 19.7 Å². The predicted molar refractivity (Wildman–Crippen MR) is 62.7 cm³/mol. The third-order valence-electron chi connectivity index (χ3n) is 2.35. The maximum Gasteiger partial charge on any atom is 0.421 e. The number of aromatic nitrogens is 4. The number of nitrogens with zero attached hydrogens (tertiary/aromatic N) is 4. The lowest BCUT2D eigenvalue weighted by Gasteiger charge is -2.13. The Morgan fingerprint density at radius 1 is 1.32 bits per heavy atom. The SMILES string of the molecule is Cc1nc(Nc2ccn(C)n2)nc(N)c1C(F)(F)F. The number of alkyl halides is 3. The van der Waals surface area contributed by atoms with Crippen LogP contribution in [0, 0.1) is 6.92 Å². The van der Waals surface area contributed by atoms with Gasteiger partial charge in [-0.2, -0.15) is 23.3 Å². The summed E-state index contributed by atoms with van der Waals surface area (Å²) in [7, 11) is 1.71. The van der Waals surface area contributed by atoms with E-state index >= 15 is 0 Å². The van der Waals surface area contributed by atoms with Crippen molar-refractivity contribution in [2.45, 2.75) is 13.1 Å². The Morgan fingerprint density at radius 3 is 2.47 bits per heavy atom. The maximum atomic E-state index is 12.7. The third-order valence-corrected chi connectivity index (χ3v) is 2.35. The van der Waals surface area contributed by atoms with Crippen LogP contribution in [0.4, 0.5) is 30.8 Å². The largest absolute Gasteiger partial charge is 0.421 e. The molecule has 0 aromatic carbocycles. The van der Waals surface area contributed by atoms with Crippen LogP contribution >= 0.6 is 0 Å². The highest BCUT2D eigenvalue weighted by atomic mass is 19.4. The van der Waals surface area contributed by atoms with E-state index < -0.39 is 17.6 Å². The highest BCUT2D eigenvalue weighted by Crippen LogP contribution is 2.35. The van der Waals surface area contributed by atoms with Gasteiger partial charge in [-0.05, 0) is 6.92 Å². The van der Waals surface area contributed by atoms with Gasteiger partial charge >= 0.3 is 6.18 Å². The number of hydrogen-bond donors (Lipinski definition) is 2. The molecule has 0 unspecified atom stereocenters. The van der Waals surface area contributed by atoms with Gasteiger partial charge in [0.1, 0.15) is 11.4 Å². The van der Waals surface area contributed by atoms with Crippen LogP contribution in [0.25, 0.3) is 0 Å². The van der Waals surface area contributed by atoms with Crippen molar-refractivity contribution in [1.29, 1.82) is 0 Å². The Labute approximate surface area is 106 Å². The van der Waals surface area contributed by atoms with Gasteiger partial charge in [-0.3, -0.25) is 4.68 Å². The fourth-order valence-corrected chi connectivity index (χ4v) is 1.60. The van der Waals surface area contributed by atoms with Gasteiger partial charge in [-0.1, -0.05) is 0 Å². The molecule has 102 valence electrons. The molecule has 0 fully saturated rings. The summed E-state index contributed by atoms with van der Waals surface area (Å²) < 4.78 is 39.6. The van der Waals surface area contributed by atoms with Crippen LogP contribution in [-0.2, 0) is 13.2 Å². The van der Waals surface area contributed by atoms with Crippen molar-refractivity contribution >= 4 is 17.6 Å². The molecule has 9 heteroatoms. The molecule has 2 rings (SSSR count). The zero-order valence-electron chi connectivity index (χ0n) is 10.2. The molecule has 0 radical (unpaired) electrons. The van der Waals surface area contributed by atoms with E-state index in [-0.39, 0.29) is 11.6 Å². The number of nitrogen functional groups attached to an aromatic ring is 1. The number of anilines is 3. The van der Waals surface area contributed by atoms with E-state index in [1.807, 2.05) is 0 Å². The first-order valence-corrected chi connectivity index (χ1v) is 5.25. The van der Waals surface area contributed by atoms with E-state index in [4.69, 9.17) is 5.73 Å². The number of rotatable bonds is 2. The fraction of sp³-hybridized carbons (Fsp3) is 0.300. The molecule has 2 aromatic heterocycles. The average molecular weight is 272 g/mol. The first kappa shape index (κ1) is 13.1. The van der Waals surface area contributed by atoms with Crippen molar-refractivity contribution in [2.75, 3.05) is 11.1 Å². The number of aryl methyl sites for hydroxylation is 2. The van der Waals surface area contributed by atoms with Crippen LogP contribution < -0.4 is 11.1 Å². The number of halogens is 3. The van der Waals surface area contributed by atoms with Gasteiger partial charge in [0.15, 0.2) is 5.82 Å². The topological polar surface area (TPSA) is 81.7 Å².